The second-order valence-corrected chi connectivity index (χ2v) is 14.4. The molecule has 0 N–H and O–H groups in total. The van der Waals surface area contributed by atoms with Crippen molar-refractivity contribution in [3.05, 3.63) is 188 Å². The van der Waals surface area contributed by atoms with E-state index in [0.717, 1.165) is 16.7 Å². The molecule has 0 aliphatic carbocycles. The van der Waals surface area contributed by atoms with Crippen molar-refractivity contribution in [2.24, 2.45) is 0 Å². The molecule has 0 unspecified atom stereocenters. The molecule has 6 aromatic carbocycles. The Morgan fingerprint density at radius 2 is 0.687 bits per heavy atom. The van der Waals surface area contributed by atoms with E-state index >= 15 is 35.1 Å². The molecule has 1 heterocycles. The van der Waals surface area contributed by atoms with Gasteiger partial charge in [-0.1, -0.05) is 53.8 Å². The van der Waals surface area contributed by atoms with E-state index in [1.54, 1.807) is 11.3 Å². The number of allylic oxidation sites excluding steroid dienone is 2. The zero-order valence-electron chi connectivity index (χ0n) is 31.9. The lowest BCUT2D eigenvalue weighted by Crippen LogP contribution is -2.81. The van der Waals surface area contributed by atoms with Crippen LogP contribution in [0.2, 0.25) is 0 Å². The predicted octanol–water partition coefficient (Wildman–Crippen LogP) is 9.54. The number of rotatable bonds is 7. The summed E-state index contributed by atoms with van der Waals surface area (Å²) in [6.07, 6.45) is -7.22. The highest BCUT2D eigenvalue weighted by Gasteiger charge is 2.52. The molecule has 0 spiro atoms. The molecule has 0 fully saturated rings. The van der Waals surface area contributed by atoms with Gasteiger partial charge in [0.1, 0.15) is 75.1 Å². The Hall–Kier alpha value is -7.41. The molecule has 1 aromatic heterocycles. The SMILES string of the molecule is Fc1c(F)c(F)c([B-](c2c(F)c(F)c(F)c(F)c2F)(c2c(F)c(F)c(F)c(F)c2F)c2c(F)c(F)c(F)c(F)c2F)c(F)c1F.N#CC(C#N)=C(C[n+]1csc2ccccc21)c1ccccc1. The first kappa shape index (κ1) is 49.0. The van der Waals surface area contributed by atoms with E-state index in [0.29, 0.717) is 6.54 Å². The number of aromatic nitrogens is 1. The largest absolute Gasteiger partial charge is 0.226 e. The average Bonchev–Trinajstić information content (AvgIpc) is 3.74. The molecule has 0 aliphatic rings. The fourth-order valence-corrected chi connectivity index (χ4v) is 8.14. The van der Waals surface area contributed by atoms with Crippen LogP contribution < -0.4 is 26.4 Å². The number of thiazole rings is 1. The maximum absolute atomic E-state index is 15.4. The summed E-state index contributed by atoms with van der Waals surface area (Å²) >= 11 is 1.65. The smallest absolute Gasteiger partial charge is 0.207 e. The predicted molar refractivity (Wildman–Crippen MR) is 196 cm³/mol. The molecule has 0 aliphatic heterocycles. The zero-order valence-corrected chi connectivity index (χ0v) is 32.7. The van der Waals surface area contributed by atoms with Gasteiger partial charge in [-0.05, 0) is 11.6 Å². The third-order valence-electron chi connectivity index (χ3n) is 10.2. The molecule has 0 saturated carbocycles. The molecule has 7 rings (SSSR count). The highest BCUT2D eigenvalue weighted by atomic mass is 32.1. The lowest BCUT2D eigenvalue weighted by atomic mass is 9.12. The summed E-state index contributed by atoms with van der Waals surface area (Å²) < 4.78 is 297. The van der Waals surface area contributed by atoms with Gasteiger partial charge in [-0.2, -0.15) is 15.1 Å². The minimum Gasteiger partial charge on any atom is -0.207 e. The van der Waals surface area contributed by atoms with Crippen molar-refractivity contribution in [1.29, 1.82) is 10.5 Å². The topological polar surface area (TPSA) is 51.5 Å². The molecular weight excluding hydrogens is 969 g/mol. The first-order valence-electron chi connectivity index (χ1n) is 17.7. The van der Waals surface area contributed by atoms with Crippen molar-refractivity contribution >= 4 is 55.1 Å². The van der Waals surface area contributed by atoms with Crippen molar-refractivity contribution < 1.29 is 92.4 Å². The second-order valence-electron chi connectivity index (χ2n) is 13.6. The Morgan fingerprint density at radius 3 is 1.00 bits per heavy atom. The van der Waals surface area contributed by atoms with Gasteiger partial charge < -0.3 is 0 Å². The molecule has 67 heavy (non-hydrogen) atoms. The summed E-state index contributed by atoms with van der Waals surface area (Å²) in [6, 6.07) is 21.8. The summed E-state index contributed by atoms with van der Waals surface area (Å²) in [5, 5.41) is 18.5. The van der Waals surface area contributed by atoms with Gasteiger partial charge in [0.25, 0.3) is 0 Å². The van der Waals surface area contributed by atoms with Crippen LogP contribution in [0.5, 0.6) is 0 Å². The molecule has 7 aromatic rings. The van der Waals surface area contributed by atoms with E-state index in [9.17, 15) is 63.2 Å². The molecule has 0 amide bonds. The summed E-state index contributed by atoms with van der Waals surface area (Å²) in [7, 11) is 0. The van der Waals surface area contributed by atoms with Gasteiger partial charge in [0.15, 0.2) is 76.4 Å². The maximum atomic E-state index is 15.4. The van der Waals surface area contributed by atoms with Crippen molar-refractivity contribution in [3.63, 3.8) is 0 Å². The first-order chi connectivity index (χ1) is 31.5. The Balaban J connectivity index is 0.000000279. The summed E-state index contributed by atoms with van der Waals surface area (Å²) in [4.78, 5) is 0. The lowest BCUT2D eigenvalue weighted by Gasteiger charge is -2.44. The van der Waals surface area contributed by atoms with Crippen molar-refractivity contribution in [2.45, 2.75) is 6.54 Å². The number of nitriles is 2. The Morgan fingerprint density at radius 1 is 0.403 bits per heavy atom. The van der Waals surface area contributed by atoms with Crippen LogP contribution in [0.15, 0.2) is 65.7 Å². The van der Waals surface area contributed by atoms with E-state index in [2.05, 4.69) is 10.6 Å². The second kappa shape index (κ2) is 18.5. The van der Waals surface area contributed by atoms with Crippen LogP contribution >= 0.6 is 11.3 Å². The van der Waals surface area contributed by atoms with Crippen LogP contribution in [-0.4, -0.2) is 6.15 Å². The number of hydrogen-bond donors (Lipinski definition) is 0. The van der Waals surface area contributed by atoms with Gasteiger partial charge in [-0.25, -0.2) is 87.8 Å². The van der Waals surface area contributed by atoms with Crippen LogP contribution in [0, 0.1) is 139 Å². The van der Waals surface area contributed by atoms with Crippen molar-refractivity contribution in [2.75, 3.05) is 0 Å². The zero-order chi connectivity index (χ0) is 49.7. The standard InChI is InChI=1S/C24BF20.C18H12N3S/c26-5-1(6(27)14(35)21(42)13(5)34)25(2-7(28)15(36)22(43)16(37)8(2)29,3-9(30)17(38)23(44)18(39)10(3)31)4-11(32)19(40)24(45)20(41)12(4)33;19-10-15(11-20)16(14-6-2-1-3-7-14)12-21-13-22-18-9-5-4-8-17(18)21/h;1-9,13H,12H2/q-1;+1. The van der Waals surface area contributed by atoms with Crippen molar-refractivity contribution in [3.8, 4) is 12.1 Å². The molecule has 0 atom stereocenters. The third kappa shape index (κ3) is 7.65. The van der Waals surface area contributed by atoms with Crippen LogP contribution in [0.1, 0.15) is 5.56 Å². The number of nitrogens with zero attached hydrogens (tertiary/aromatic N) is 3. The summed E-state index contributed by atoms with van der Waals surface area (Å²) in [5.74, 6) is -71.4. The molecule has 0 saturated heterocycles. The minimum atomic E-state index is -7.22. The van der Waals surface area contributed by atoms with Gasteiger partial charge in [-0.3, -0.25) is 0 Å². The minimum absolute atomic E-state index is 0.161. The number of hydrogen-bond acceptors (Lipinski definition) is 3. The van der Waals surface area contributed by atoms with E-state index in [1.165, 1.54) is 4.70 Å². The van der Waals surface area contributed by atoms with Gasteiger partial charge >= 0.3 is 0 Å². The van der Waals surface area contributed by atoms with Gasteiger partial charge in [0, 0.05) is 6.07 Å². The quantitative estimate of drug-likeness (QED) is 0.0400. The van der Waals surface area contributed by atoms with Crippen LogP contribution in [0.25, 0.3) is 15.8 Å². The highest BCUT2D eigenvalue weighted by molar-refractivity contribution is 7.20. The molecule has 25 heteroatoms. The van der Waals surface area contributed by atoms with Gasteiger partial charge in [0.2, 0.25) is 11.0 Å². The molecule has 0 bridgehead atoms. The summed E-state index contributed by atoms with van der Waals surface area (Å²) in [6.45, 7) is 0.504. The number of fused-ring (bicyclic) bond motifs is 1. The Bertz CT molecular complexity index is 2910. The monoisotopic (exact) mass is 981 g/mol. The molecule has 344 valence electrons. The fourth-order valence-electron chi connectivity index (χ4n) is 7.25. The molecule has 3 nitrogen and oxygen atoms in total. The average molecular weight is 981 g/mol. The van der Waals surface area contributed by atoms with Crippen LogP contribution in [0.3, 0.4) is 0 Å². The number of halogens is 20. The summed E-state index contributed by atoms with van der Waals surface area (Å²) in [5.41, 5.74) is -9.38. The molecule has 0 radical (unpaired) electrons. The maximum Gasteiger partial charge on any atom is 0.226 e. The van der Waals surface area contributed by atoms with Crippen LogP contribution in [0.4, 0.5) is 87.8 Å². The fraction of sp³-hybridized carbons (Fsp3) is 0.0238. The Kier molecular flexibility index (Phi) is 13.5. The first-order valence-corrected chi connectivity index (χ1v) is 18.6. The molecular formula is C42H12BF20N3S. The number of para-hydroxylation sites is 1. The van der Waals surface area contributed by atoms with E-state index < -0.39 is 144 Å². The van der Waals surface area contributed by atoms with E-state index in [4.69, 9.17) is 0 Å². The van der Waals surface area contributed by atoms with Gasteiger partial charge in [-0.15, -0.1) is 21.9 Å². The third-order valence-corrected chi connectivity index (χ3v) is 11.1. The highest BCUT2D eigenvalue weighted by Crippen LogP contribution is 2.31. The van der Waals surface area contributed by atoms with E-state index in [-0.39, 0.29) is 5.57 Å². The Labute approximate surface area is 363 Å². The normalized spacial score (nSPS) is 11.3. The van der Waals surface area contributed by atoms with Crippen LogP contribution in [-0.2, 0) is 6.54 Å². The van der Waals surface area contributed by atoms with Gasteiger partial charge in [0.05, 0.1) is 5.57 Å². The van der Waals surface area contributed by atoms with Crippen molar-refractivity contribution in [1.82, 2.24) is 0 Å². The number of benzene rings is 6. The van der Waals surface area contributed by atoms with E-state index in [1.807, 2.05) is 66.2 Å². The lowest BCUT2D eigenvalue weighted by molar-refractivity contribution is -0.653.